The van der Waals surface area contributed by atoms with Gasteiger partial charge in [0.2, 0.25) is 0 Å². The topological polar surface area (TPSA) is 83.6 Å². The van der Waals surface area contributed by atoms with Crippen molar-refractivity contribution in [3.05, 3.63) is 29.6 Å². The molecule has 1 saturated heterocycles. The van der Waals surface area contributed by atoms with E-state index in [1.807, 2.05) is 0 Å². The highest BCUT2D eigenvalue weighted by molar-refractivity contribution is 5.94. The van der Waals surface area contributed by atoms with Crippen molar-refractivity contribution >= 4 is 17.6 Å². The number of likely N-dealkylation sites (tertiary alicyclic amines) is 1. The second-order valence-electron chi connectivity index (χ2n) is 5.09. The van der Waals surface area contributed by atoms with Gasteiger partial charge in [0.25, 0.3) is 5.91 Å². The number of halogens is 1. The molecule has 1 unspecified atom stereocenters. The van der Waals surface area contributed by atoms with E-state index < -0.39 is 11.8 Å². The van der Waals surface area contributed by atoms with Crippen molar-refractivity contribution in [2.45, 2.75) is 19.3 Å². The van der Waals surface area contributed by atoms with E-state index in [0.29, 0.717) is 13.1 Å². The molecule has 0 aromatic heterocycles. The summed E-state index contributed by atoms with van der Waals surface area (Å²) in [6.07, 6.45) is 1.62. The van der Waals surface area contributed by atoms with Gasteiger partial charge in [0.15, 0.2) is 0 Å². The van der Waals surface area contributed by atoms with Gasteiger partial charge in [-0.2, -0.15) is 0 Å². The van der Waals surface area contributed by atoms with Crippen LogP contribution in [0.5, 0.6) is 0 Å². The van der Waals surface area contributed by atoms with Crippen molar-refractivity contribution in [1.29, 1.82) is 0 Å². The van der Waals surface area contributed by atoms with Crippen LogP contribution in [-0.2, 0) is 4.79 Å². The van der Waals surface area contributed by atoms with E-state index >= 15 is 0 Å². The average molecular weight is 280 g/mol. The second-order valence-corrected chi connectivity index (χ2v) is 5.09. The van der Waals surface area contributed by atoms with Gasteiger partial charge < -0.3 is 15.7 Å². The second kappa shape index (κ2) is 5.90. The molecule has 1 aliphatic heterocycles. The maximum Gasteiger partial charge on any atom is 0.303 e. The number of nitrogen functional groups attached to an aromatic ring is 1. The number of amides is 1. The summed E-state index contributed by atoms with van der Waals surface area (Å²) >= 11 is 0. The Labute approximate surface area is 116 Å². The normalized spacial score (nSPS) is 18.9. The Balaban J connectivity index is 2.08. The van der Waals surface area contributed by atoms with Crippen LogP contribution < -0.4 is 5.73 Å². The quantitative estimate of drug-likeness (QED) is 0.826. The standard InChI is InChI=1S/C14H17FN2O3/c15-11-7-10(3-4-12(11)16)14(20)17-5-1-2-9(8-17)6-13(18)19/h3-4,7,9H,1-2,5-6,8,16H2,(H,18,19). The molecule has 0 bridgehead atoms. The minimum absolute atomic E-state index is 0.00366. The monoisotopic (exact) mass is 280 g/mol. The zero-order valence-electron chi connectivity index (χ0n) is 11.0. The number of anilines is 1. The molecule has 2 rings (SSSR count). The van der Waals surface area contributed by atoms with E-state index in [1.54, 1.807) is 4.90 Å². The van der Waals surface area contributed by atoms with E-state index in [1.165, 1.54) is 12.1 Å². The highest BCUT2D eigenvalue weighted by atomic mass is 19.1. The molecule has 0 aliphatic carbocycles. The summed E-state index contributed by atoms with van der Waals surface area (Å²) < 4.78 is 13.4. The lowest BCUT2D eigenvalue weighted by atomic mass is 9.94. The van der Waals surface area contributed by atoms with Crippen molar-refractivity contribution < 1.29 is 19.1 Å². The van der Waals surface area contributed by atoms with Gasteiger partial charge in [0.1, 0.15) is 5.82 Å². The van der Waals surface area contributed by atoms with Gasteiger partial charge in [-0.1, -0.05) is 0 Å². The summed E-state index contributed by atoms with van der Waals surface area (Å²) in [6, 6.07) is 3.97. The van der Waals surface area contributed by atoms with Crippen LogP contribution in [0.2, 0.25) is 0 Å². The molecule has 1 aromatic carbocycles. The zero-order chi connectivity index (χ0) is 14.7. The molecule has 1 atom stereocenters. The van der Waals surface area contributed by atoms with E-state index in [2.05, 4.69) is 0 Å². The van der Waals surface area contributed by atoms with Gasteiger partial charge >= 0.3 is 5.97 Å². The summed E-state index contributed by atoms with van der Waals surface area (Å²) in [5.41, 5.74) is 5.63. The van der Waals surface area contributed by atoms with Crippen LogP contribution in [-0.4, -0.2) is 35.0 Å². The Morgan fingerprint density at radius 1 is 1.45 bits per heavy atom. The van der Waals surface area contributed by atoms with Crippen LogP contribution >= 0.6 is 0 Å². The number of nitrogens with zero attached hydrogens (tertiary/aromatic N) is 1. The number of carbonyl (C=O) groups excluding carboxylic acids is 1. The number of carboxylic acids is 1. The summed E-state index contributed by atoms with van der Waals surface area (Å²) in [4.78, 5) is 24.6. The molecule has 1 heterocycles. The van der Waals surface area contributed by atoms with E-state index in [-0.39, 0.29) is 29.5 Å². The fourth-order valence-corrected chi connectivity index (χ4v) is 2.51. The molecular formula is C14H17FN2O3. The molecule has 0 saturated carbocycles. The van der Waals surface area contributed by atoms with Gasteiger partial charge in [0.05, 0.1) is 5.69 Å². The smallest absolute Gasteiger partial charge is 0.303 e. The van der Waals surface area contributed by atoms with Crippen LogP contribution in [0.4, 0.5) is 10.1 Å². The van der Waals surface area contributed by atoms with Crippen LogP contribution in [0, 0.1) is 11.7 Å². The number of carbonyl (C=O) groups is 2. The van der Waals surface area contributed by atoms with Crippen molar-refractivity contribution in [3.63, 3.8) is 0 Å². The number of rotatable bonds is 3. The third-order valence-corrected chi connectivity index (χ3v) is 3.52. The number of benzene rings is 1. The van der Waals surface area contributed by atoms with Crippen LogP contribution in [0.3, 0.4) is 0 Å². The van der Waals surface area contributed by atoms with Gasteiger partial charge in [-0.3, -0.25) is 9.59 Å². The molecule has 1 aliphatic rings. The largest absolute Gasteiger partial charge is 0.481 e. The predicted molar refractivity (Wildman–Crippen MR) is 71.7 cm³/mol. The number of aliphatic carboxylic acids is 1. The molecule has 20 heavy (non-hydrogen) atoms. The lowest BCUT2D eigenvalue weighted by Crippen LogP contribution is -2.40. The minimum Gasteiger partial charge on any atom is -0.481 e. The molecule has 6 heteroatoms. The zero-order valence-corrected chi connectivity index (χ0v) is 11.0. The predicted octanol–water partition coefficient (Wildman–Crippen LogP) is 1.73. The number of carboxylic acid groups (broad SMARTS) is 1. The number of nitrogens with two attached hydrogens (primary N) is 1. The average Bonchev–Trinajstić information content (AvgIpc) is 2.40. The first-order chi connectivity index (χ1) is 9.47. The first-order valence-electron chi connectivity index (χ1n) is 6.53. The molecule has 1 aromatic rings. The molecule has 0 spiro atoms. The van der Waals surface area contributed by atoms with Gasteiger partial charge in [0, 0.05) is 25.1 Å². The Morgan fingerprint density at radius 2 is 2.20 bits per heavy atom. The fraction of sp³-hybridized carbons (Fsp3) is 0.429. The van der Waals surface area contributed by atoms with Gasteiger partial charge in [-0.15, -0.1) is 0 Å². The third-order valence-electron chi connectivity index (χ3n) is 3.52. The van der Waals surface area contributed by atoms with E-state index in [9.17, 15) is 14.0 Å². The maximum absolute atomic E-state index is 13.4. The SMILES string of the molecule is Nc1ccc(C(=O)N2CCCC(CC(=O)O)C2)cc1F. The lowest BCUT2D eigenvalue weighted by Gasteiger charge is -2.32. The van der Waals surface area contributed by atoms with Crippen molar-refractivity contribution in [2.24, 2.45) is 5.92 Å². The highest BCUT2D eigenvalue weighted by Gasteiger charge is 2.26. The fourth-order valence-electron chi connectivity index (χ4n) is 2.51. The van der Waals surface area contributed by atoms with Gasteiger partial charge in [-0.25, -0.2) is 4.39 Å². The third kappa shape index (κ3) is 3.26. The molecule has 1 fully saturated rings. The Morgan fingerprint density at radius 3 is 2.85 bits per heavy atom. The molecule has 108 valence electrons. The molecule has 0 radical (unpaired) electrons. The van der Waals surface area contributed by atoms with Crippen molar-refractivity contribution in [1.82, 2.24) is 4.90 Å². The van der Waals surface area contributed by atoms with Crippen molar-refractivity contribution in [2.75, 3.05) is 18.8 Å². The van der Waals surface area contributed by atoms with Crippen LogP contribution in [0.15, 0.2) is 18.2 Å². The first kappa shape index (κ1) is 14.3. The molecule has 3 N–H and O–H groups in total. The van der Waals surface area contributed by atoms with E-state index in [4.69, 9.17) is 10.8 Å². The Kier molecular flexibility index (Phi) is 4.22. The Bertz CT molecular complexity index is 533. The summed E-state index contributed by atoms with van der Waals surface area (Å²) in [5.74, 6) is -1.79. The minimum atomic E-state index is -0.858. The molecular weight excluding hydrogens is 263 g/mol. The maximum atomic E-state index is 13.4. The van der Waals surface area contributed by atoms with Crippen molar-refractivity contribution in [3.8, 4) is 0 Å². The highest BCUT2D eigenvalue weighted by Crippen LogP contribution is 2.22. The number of hydrogen-bond acceptors (Lipinski definition) is 3. The van der Waals surface area contributed by atoms with Gasteiger partial charge in [-0.05, 0) is 37.0 Å². The first-order valence-corrected chi connectivity index (χ1v) is 6.53. The summed E-state index contributed by atoms with van der Waals surface area (Å²) in [6.45, 7) is 0.970. The summed E-state index contributed by atoms with van der Waals surface area (Å²) in [5, 5.41) is 8.81. The number of hydrogen-bond donors (Lipinski definition) is 2. The Hall–Kier alpha value is -2.11. The van der Waals surface area contributed by atoms with E-state index in [0.717, 1.165) is 18.9 Å². The molecule has 1 amide bonds. The van der Waals surface area contributed by atoms with Crippen LogP contribution in [0.1, 0.15) is 29.6 Å². The number of piperidine rings is 1. The summed E-state index contributed by atoms with van der Waals surface area (Å²) in [7, 11) is 0. The van der Waals surface area contributed by atoms with Crippen LogP contribution in [0.25, 0.3) is 0 Å². The lowest BCUT2D eigenvalue weighted by molar-refractivity contribution is -0.138. The molecule has 5 nitrogen and oxygen atoms in total.